The number of sulfone groups is 1. The molecule has 3 rings (SSSR count). The molecule has 0 spiro atoms. The summed E-state index contributed by atoms with van der Waals surface area (Å²) < 4.78 is 29.2. The highest BCUT2D eigenvalue weighted by Gasteiger charge is 2.40. The van der Waals surface area contributed by atoms with E-state index in [1.165, 1.54) is 12.1 Å². The van der Waals surface area contributed by atoms with Crippen LogP contribution in [0, 0.1) is 0 Å². The predicted octanol–water partition coefficient (Wildman–Crippen LogP) is -0.348. The topological polar surface area (TPSA) is 116 Å². The van der Waals surface area contributed by atoms with E-state index in [0.29, 0.717) is 18.8 Å². The molecule has 144 valence electrons. The van der Waals surface area contributed by atoms with E-state index in [1.807, 2.05) is 0 Å². The second-order valence-corrected chi connectivity index (χ2v) is 8.95. The van der Waals surface area contributed by atoms with E-state index in [0.717, 1.165) is 12.8 Å². The van der Waals surface area contributed by atoms with Crippen LogP contribution in [0.5, 0.6) is 5.75 Å². The zero-order valence-corrected chi connectivity index (χ0v) is 15.2. The van der Waals surface area contributed by atoms with Crippen LogP contribution in [0.4, 0.5) is 5.69 Å². The van der Waals surface area contributed by atoms with Gasteiger partial charge in [0.1, 0.15) is 5.75 Å². The van der Waals surface area contributed by atoms with Gasteiger partial charge in [-0.1, -0.05) is 6.07 Å². The van der Waals surface area contributed by atoms with Gasteiger partial charge in [-0.15, -0.1) is 0 Å². The van der Waals surface area contributed by atoms with Crippen LogP contribution in [0.2, 0.25) is 0 Å². The molecular weight excluding hydrogens is 360 g/mol. The number of amides is 1. The summed E-state index contributed by atoms with van der Waals surface area (Å²) in [6, 6.07) is 5.48. The Morgan fingerprint density at radius 1 is 1.35 bits per heavy atom. The van der Waals surface area contributed by atoms with Gasteiger partial charge in [0, 0.05) is 24.9 Å². The number of aliphatic hydroxyl groups excluding tert-OH is 1. The number of rotatable bonds is 6. The molecular formula is C17H24N2O6S. The summed E-state index contributed by atoms with van der Waals surface area (Å²) in [7, 11) is -3.37. The van der Waals surface area contributed by atoms with Gasteiger partial charge < -0.3 is 25.2 Å². The molecule has 1 aromatic rings. The third-order valence-corrected chi connectivity index (χ3v) is 6.42. The van der Waals surface area contributed by atoms with Crippen LogP contribution in [0.3, 0.4) is 0 Å². The number of aromatic hydroxyl groups is 1. The maximum absolute atomic E-state index is 12.4. The highest BCUT2D eigenvalue weighted by molar-refractivity contribution is 7.91. The Hall–Kier alpha value is -1.84. The first-order valence-corrected chi connectivity index (χ1v) is 10.5. The molecule has 2 heterocycles. The van der Waals surface area contributed by atoms with Gasteiger partial charge in [-0.05, 0) is 25.0 Å². The fraction of sp³-hybridized carbons (Fsp3) is 0.588. The zero-order chi connectivity index (χ0) is 18.7. The monoisotopic (exact) mass is 384 g/mol. The fourth-order valence-corrected chi connectivity index (χ4v) is 5.22. The minimum Gasteiger partial charge on any atom is -0.508 e. The van der Waals surface area contributed by atoms with Crippen molar-refractivity contribution in [3.05, 3.63) is 24.3 Å². The van der Waals surface area contributed by atoms with Gasteiger partial charge in [0.15, 0.2) is 9.84 Å². The first-order chi connectivity index (χ1) is 12.3. The van der Waals surface area contributed by atoms with Gasteiger partial charge in [-0.2, -0.15) is 0 Å². The molecule has 8 nitrogen and oxygen atoms in total. The molecule has 2 saturated heterocycles. The van der Waals surface area contributed by atoms with Crippen molar-refractivity contribution in [2.75, 3.05) is 36.1 Å². The van der Waals surface area contributed by atoms with Crippen molar-refractivity contribution in [3.8, 4) is 5.75 Å². The molecule has 0 radical (unpaired) electrons. The molecule has 0 aromatic heterocycles. The molecule has 0 aliphatic carbocycles. The largest absolute Gasteiger partial charge is 0.508 e. The van der Waals surface area contributed by atoms with Crippen molar-refractivity contribution in [2.24, 2.45) is 0 Å². The van der Waals surface area contributed by atoms with Crippen LogP contribution in [-0.2, 0) is 19.4 Å². The highest BCUT2D eigenvalue weighted by atomic mass is 32.2. The van der Waals surface area contributed by atoms with Gasteiger partial charge in [0.2, 0.25) is 5.91 Å². The van der Waals surface area contributed by atoms with Crippen LogP contribution in [0.1, 0.15) is 12.8 Å². The van der Waals surface area contributed by atoms with Crippen LogP contribution in [0.25, 0.3) is 0 Å². The number of anilines is 1. The average molecular weight is 384 g/mol. The molecule has 3 N–H and O–H groups in total. The lowest BCUT2D eigenvalue weighted by Crippen LogP contribution is -2.49. The van der Waals surface area contributed by atoms with Crippen LogP contribution < -0.4 is 10.2 Å². The number of hydrogen-bond acceptors (Lipinski definition) is 7. The molecule has 3 unspecified atom stereocenters. The van der Waals surface area contributed by atoms with Crippen molar-refractivity contribution < 1.29 is 28.2 Å². The fourth-order valence-electron chi connectivity index (χ4n) is 3.42. The number of benzene rings is 1. The maximum atomic E-state index is 12.4. The third-order valence-electron chi connectivity index (χ3n) is 4.72. The smallest absolute Gasteiger partial charge is 0.239 e. The average Bonchev–Trinajstić information content (AvgIpc) is 3.18. The van der Waals surface area contributed by atoms with E-state index in [1.54, 1.807) is 17.0 Å². The summed E-state index contributed by atoms with van der Waals surface area (Å²) in [6.45, 7) is 0.980. The summed E-state index contributed by atoms with van der Waals surface area (Å²) in [6.07, 6.45) is 0.789. The lowest BCUT2D eigenvalue weighted by molar-refractivity contribution is -0.120. The number of carbonyl (C=O) groups is 1. The number of aliphatic hydroxyl groups is 1. The Labute approximate surface area is 152 Å². The molecule has 1 amide bonds. The Morgan fingerprint density at radius 3 is 2.77 bits per heavy atom. The number of hydrogen-bond donors (Lipinski definition) is 3. The summed E-state index contributed by atoms with van der Waals surface area (Å²) in [5.74, 6) is -0.851. The van der Waals surface area contributed by atoms with E-state index in [9.17, 15) is 23.4 Å². The van der Waals surface area contributed by atoms with Crippen LogP contribution in [0.15, 0.2) is 24.3 Å². The van der Waals surface area contributed by atoms with Crippen molar-refractivity contribution >= 4 is 21.4 Å². The van der Waals surface area contributed by atoms with Gasteiger partial charge >= 0.3 is 0 Å². The maximum Gasteiger partial charge on any atom is 0.239 e. The molecule has 1 aromatic carbocycles. The normalized spacial score (nSPS) is 27.3. The van der Waals surface area contributed by atoms with Crippen molar-refractivity contribution in [1.29, 1.82) is 0 Å². The Kier molecular flexibility index (Phi) is 5.69. The van der Waals surface area contributed by atoms with Crippen molar-refractivity contribution in [2.45, 2.75) is 31.1 Å². The summed E-state index contributed by atoms with van der Waals surface area (Å²) >= 11 is 0. The number of carbonyl (C=O) groups excluding carboxylic acids is 1. The van der Waals surface area contributed by atoms with Gasteiger partial charge in [-0.25, -0.2) is 8.42 Å². The van der Waals surface area contributed by atoms with Gasteiger partial charge in [-0.3, -0.25) is 4.79 Å². The number of phenolic OH excluding ortho intramolecular Hbond substituents is 1. The van der Waals surface area contributed by atoms with Gasteiger partial charge in [0.05, 0.1) is 36.3 Å². The third kappa shape index (κ3) is 4.66. The van der Waals surface area contributed by atoms with E-state index in [2.05, 4.69) is 5.32 Å². The van der Waals surface area contributed by atoms with Crippen molar-refractivity contribution in [3.63, 3.8) is 0 Å². The molecule has 2 aliphatic heterocycles. The minimum atomic E-state index is -3.37. The first-order valence-electron chi connectivity index (χ1n) is 8.66. The van der Waals surface area contributed by atoms with E-state index in [4.69, 9.17) is 4.74 Å². The molecule has 0 bridgehead atoms. The number of phenols is 1. The molecule has 0 saturated carbocycles. The lowest BCUT2D eigenvalue weighted by Gasteiger charge is -2.32. The zero-order valence-electron chi connectivity index (χ0n) is 14.4. The van der Waals surface area contributed by atoms with Gasteiger partial charge in [0.25, 0.3) is 0 Å². The summed E-state index contributed by atoms with van der Waals surface area (Å²) in [5.41, 5.74) is 0.485. The second-order valence-electron chi connectivity index (χ2n) is 6.80. The molecule has 3 atom stereocenters. The summed E-state index contributed by atoms with van der Waals surface area (Å²) in [5, 5.41) is 22.7. The lowest BCUT2D eigenvalue weighted by atomic mass is 10.1. The molecule has 26 heavy (non-hydrogen) atoms. The summed E-state index contributed by atoms with van der Waals surface area (Å²) in [4.78, 5) is 13.9. The molecule has 2 aliphatic rings. The molecule has 9 heteroatoms. The minimum absolute atomic E-state index is 0.00241. The Bertz CT molecular complexity index is 747. The number of nitrogens with one attached hydrogen (secondary N) is 1. The predicted molar refractivity (Wildman–Crippen MR) is 95.9 cm³/mol. The van der Waals surface area contributed by atoms with Crippen LogP contribution in [-0.4, -0.2) is 74.0 Å². The SMILES string of the molecule is O=C(CN(c1cccc(O)c1)C1CS(=O)(=O)CC1O)NCC1CCCO1. The Morgan fingerprint density at radius 2 is 2.15 bits per heavy atom. The Balaban J connectivity index is 1.73. The van der Waals surface area contributed by atoms with E-state index >= 15 is 0 Å². The molecule has 2 fully saturated rings. The highest BCUT2D eigenvalue weighted by Crippen LogP contribution is 2.27. The number of nitrogens with zero attached hydrogens (tertiary/aromatic N) is 1. The van der Waals surface area contributed by atoms with Crippen LogP contribution >= 0.6 is 0 Å². The first kappa shape index (κ1) is 18.9. The van der Waals surface area contributed by atoms with E-state index < -0.39 is 22.0 Å². The van der Waals surface area contributed by atoms with E-state index in [-0.39, 0.29) is 35.8 Å². The second kappa shape index (κ2) is 7.81. The standard InChI is InChI=1S/C17H24N2O6S/c20-13-4-1-3-12(7-13)19(15-10-26(23,24)11-16(15)21)9-17(22)18-8-14-5-2-6-25-14/h1,3-4,7,14-16,20-21H,2,5-6,8-11H2,(H,18,22). The number of ether oxygens (including phenoxy) is 1. The van der Waals surface area contributed by atoms with Crippen molar-refractivity contribution in [1.82, 2.24) is 5.32 Å². The quantitative estimate of drug-likeness (QED) is 0.614.